The molecule has 4 nitrogen and oxygen atoms in total. The summed E-state index contributed by atoms with van der Waals surface area (Å²) in [6.45, 7) is 2.33. The van der Waals surface area contributed by atoms with Gasteiger partial charge in [-0.05, 0) is 30.9 Å². The summed E-state index contributed by atoms with van der Waals surface area (Å²) in [6, 6.07) is 5.71. The van der Waals surface area contributed by atoms with E-state index in [1.807, 2.05) is 11.9 Å². The van der Waals surface area contributed by atoms with Crippen LogP contribution in [0.2, 0.25) is 0 Å². The number of nitriles is 1. The molecule has 0 spiro atoms. The Bertz CT molecular complexity index is 409. The predicted molar refractivity (Wildman–Crippen MR) is 65.8 cm³/mol. The van der Waals surface area contributed by atoms with Crippen LogP contribution in [0.5, 0.6) is 0 Å². The number of hydrogen-bond acceptors (Lipinski definition) is 4. The molecule has 90 valence electrons. The Hall–Kier alpha value is -1.60. The van der Waals surface area contributed by atoms with Crippen LogP contribution in [0.25, 0.3) is 0 Å². The quantitative estimate of drug-likeness (QED) is 0.701. The van der Waals surface area contributed by atoms with Crippen LogP contribution < -0.4 is 4.90 Å². The van der Waals surface area contributed by atoms with Gasteiger partial charge in [-0.3, -0.25) is 0 Å². The van der Waals surface area contributed by atoms with Gasteiger partial charge in [-0.1, -0.05) is 0 Å². The first-order valence-corrected chi connectivity index (χ1v) is 5.95. The number of likely N-dealkylation sites (N-methyl/N-ethyl adjacent to an activating group) is 1. The van der Waals surface area contributed by atoms with E-state index in [9.17, 15) is 0 Å². The molecule has 0 unspecified atom stereocenters. The van der Waals surface area contributed by atoms with Gasteiger partial charge in [0.2, 0.25) is 0 Å². The van der Waals surface area contributed by atoms with Gasteiger partial charge in [-0.2, -0.15) is 5.26 Å². The summed E-state index contributed by atoms with van der Waals surface area (Å²) in [5, 5.41) is 8.97. The maximum atomic E-state index is 8.97. The Morgan fingerprint density at radius 1 is 1.59 bits per heavy atom. The molecule has 0 aliphatic heterocycles. The van der Waals surface area contributed by atoms with E-state index in [1.165, 1.54) is 12.8 Å². The largest absolute Gasteiger partial charge is 0.379 e. The fourth-order valence-electron chi connectivity index (χ4n) is 1.63. The summed E-state index contributed by atoms with van der Waals surface area (Å²) in [5.74, 6) is 1.52. The molecule has 0 N–H and O–H groups in total. The average molecular weight is 231 g/mol. The van der Waals surface area contributed by atoms with E-state index in [4.69, 9.17) is 10.00 Å². The standard InChI is InChI=1S/C13H17N3O/c1-16(7-8-17-10-11-4-5-11)13-12(9-14)3-2-6-15-13/h2-3,6,11H,4-5,7-8,10H2,1H3. The Kier molecular flexibility index (Phi) is 3.94. The summed E-state index contributed by atoms with van der Waals surface area (Å²) in [6.07, 6.45) is 4.33. The second kappa shape index (κ2) is 5.65. The zero-order chi connectivity index (χ0) is 12.1. The molecule has 1 heterocycles. The molecule has 4 heteroatoms. The van der Waals surface area contributed by atoms with Crippen LogP contribution in [0, 0.1) is 17.2 Å². The highest BCUT2D eigenvalue weighted by Crippen LogP contribution is 2.28. The van der Waals surface area contributed by atoms with Crippen molar-refractivity contribution in [3.05, 3.63) is 23.9 Å². The minimum atomic E-state index is 0.609. The van der Waals surface area contributed by atoms with Crippen molar-refractivity contribution in [2.75, 3.05) is 31.7 Å². The first-order valence-electron chi connectivity index (χ1n) is 5.95. The fourth-order valence-corrected chi connectivity index (χ4v) is 1.63. The molecule has 2 rings (SSSR count). The molecule has 0 radical (unpaired) electrons. The van der Waals surface area contributed by atoms with E-state index in [0.717, 1.165) is 24.9 Å². The van der Waals surface area contributed by atoms with Crippen LogP contribution in [0.3, 0.4) is 0 Å². The van der Waals surface area contributed by atoms with E-state index in [2.05, 4.69) is 11.1 Å². The molecular formula is C13H17N3O. The minimum Gasteiger partial charge on any atom is -0.379 e. The lowest BCUT2D eigenvalue weighted by molar-refractivity contribution is 0.131. The van der Waals surface area contributed by atoms with Crippen LogP contribution in [-0.2, 0) is 4.74 Å². The first kappa shape index (κ1) is 11.9. The SMILES string of the molecule is CN(CCOCC1CC1)c1ncccc1C#N. The van der Waals surface area contributed by atoms with E-state index in [-0.39, 0.29) is 0 Å². The van der Waals surface area contributed by atoms with E-state index >= 15 is 0 Å². The minimum absolute atomic E-state index is 0.609. The summed E-state index contributed by atoms with van der Waals surface area (Å²) in [4.78, 5) is 6.19. The van der Waals surface area contributed by atoms with Crippen molar-refractivity contribution in [1.82, 2.24) is 4.98 Å². The molecule has 1 aliphatic rings. The first-order chi connectivity index (χ1) is 8.31. The normalized spacial score (nSPS) is 14.4. The molecule has 1 aromatic heterocycles. The Labute approximate surface area is 102 Å². The summed E-state index contributed by atoms with van der Waals surface area (Å²) >= 11 is 0. The summed E-state index contributed by atoms with van der Waals surface area (Å²) in [7, 11) is 1.93. The highest BCUT2D eigenvalue weighted by molar-refractivity contribution is 5.52. The molecule has 1 saturated carbocycles. The zero-order valence-corrected chi connectivity index (χ0v) is 10.1. The van der Waals surface area contributed by atoms with Gasteiger partial charge in [-0.15, -0.1) is 0 Å². The number of hydrogen-bond donors (Lipinski definition) is 0. The highest BCUT2D eigenvalue weighted by atomic mass is 16.5. The predicted octanol–water partition coefficient (Wildman–Crippen LogP) is 1.82. The lowest BCUT2D eigenvalue weighted by Gasteiger charge is -2.18. The summed E-state index contributed by atoms with van der Waals surface area (Å²) < 4.78 is 5.57. The van der Waals surface area contributed by atoms with Crippen LogP contribution in [0.15, 0.2) is 18.3 Å². The third-order valence-electron chi connectivity index (χ3n) is 2.89. The number of pyridine rings is 1. The van der Waals surface area contributed by atoms with Crippen molar-refractivity contribution in [1.29, 1.82) is 5.26 Å². The lowest BCUT2D eigenvalue weighted by atomic mass is 10.2. The molecule has 1 fully saturated rings. The van der Waals surface area contributed by atoms with Gasteiger partial charge in [-0.25, -0.2) is 4.98 Å². The van der Waals surface area contributed by atoms with Gasteiger partial charge < -0.3 is 9.64 Å². The van der Waals surface area contributed by atoms with Gasteiger partial charge in [0.25, 0.3) is 0 Å². The van der Waals surface area contributed by atoms with Crippen LogP contribution in [0.1, 0.15) is 18.4 Å². The molecule has 0 bridgehead atoms. The molecule has 1 aliphatic carbocycles. The van der Waals surface area contributed by atoms with E-state index in [1.54, 1.807) is 18.3 Å². The third kappa shape index (κ3) is 3.43. The number of nitrogens with zero attached hydrogens (tertiary/aromatic N) is 3. The third-order valence-corrected chi connectivity index (χ3v) is 2.89. The number of anilines is 1. The second-order valence-electron chi connectivity index (χ2n) is 4.43. The number of rotatable bonds is 6. The van der Waals surface area contributed by atoms with E-state index < -0.39 is 0 Å². The molecule has 0 saturated heterocycles. The Morgan fingerprint density at radius 2 is 2.41 bits per heavy atom. The fraction of sp³-hybridized carbons (Fsp3) is 0.538. The maximum Gasteiger partial charge on any atom is 0.146 e. The smallest absolute Gasteiger partial charge is 0.146 e. The van der Waals surface area contributed by atoms with Crippen molar-refractivity contribution in [2.45, 2.75) is 12.8 Å². The van der Waals surface area contributed by atoms with Crippen molar-refractivity contribution < 1.29 is 4.74 Å². The van der Waals surface area contributed by atoms with E-state index in [0.29, 0.717) is 12.2 Å². The highest BCUT2D eigenvalue weighted by Gasteiger charge is 2.21. The molecular weight excluding hydrogens is 214 g/mol. The topological polar surface area (TPSA) is 49.1 Å². The zero-order valence-electron chi connectivity index (χ0n) is 10.1. The molecule has 1 aromatic rings. The van der Waals surface area contributed by atoms with Gasteiger partial charge in [0.05, 0.1) is 12.2 Å². The maximum absolute atomic E-state index is 8.97. The number of ether oxygens (including phenoxy) is 1. The van der Waals surface area contributed by atoms with Gasteiger partial charge in [0.1, 0.15) is 11.9 Å². The lowest BCUT2D eigenvalue weighted by Crippen LogP contribution is -2.24. The average Bonchev–Trinajstić information content (AvgIpc) is 3.18. The van der Waals surface area contributed by atoms with Crippen LogP contribution >= 0.6 is 0 Å². The molecule has 0 atom stereocenters. The Balaban J connectivity index is 1.81. The van der Waals surface area contributed by atoms with Crippen molar-refractivity contribution >= 4 is 5.82 Å². The van der Waals surface area contributed by atoms with Crippen LogP contribution in [0.4, 0.5) is 5.82 Å². The van der Waals surface area contributed by atoms with Gasteiger partial charge in [0, 0.05) is 26.4 Å². The summed E-state index contributed by atoms with van der Waals surface area (Å²) in [5.41, 5.74) is 0.609. The molecule has 0 amide bonds. The molecule has 17 heavy (non-hydrogen) atoms. The van der Waals surface area contributed by atoms with Gasteiger partial charge in [0.15, 0.2) is 0 Å². The Morgan fingerprint density at radius 3 is 3.12 bits per heavy atom. The van der Waals surface area contributed by atoms with Crippen molar-refractivity contribution in [2.24, 2.45) is 5.92 Å². The monoisotopic (exact) mass is 231 g/mol. The number of aromatic nitrogens is 1. The van der Waals surface area contributed by atoms with Gasteiger partial charge >= 0.3 is 0 Å². The van der Waals surface area contributed by atoms with Crippen LogP contribution in [-0.4, -0.2) is 31.8 Å². The molecule has 0 aromatic carbocycles. The second-order valence-corrected chi connectivity index (χ2v) is 4.43. The van der Waals surface area contributed by atoms with Crippen molar-refractivity contribution in [3.63, 3.8) is 0 Å². The van der Waals surface area contributed by atoms with Crippen molar-refractivity contribution in [3.8, 4) is 6.07 Å².